The summed E-state index contributed by atoms with van der Waals surface area (Å²) in [6.07, 6.45) is 3.14. The lowest BCUT2D eigenvalue weighted by molar-refractivity contribution is 0.159. The van der Waals surface area contributed by atoms with E-state index in [0.717, 1.165) is 13.0 Å². The van der Waals surface area contributed by atoms with Crippen LogP contribution in [0.2, 0.25) is 0 Å². The van der Waals surface area contributed by atoms with Crippen molar-refractivity contribution in [1.82, 2.24) is 9.80 Å². The molecule has 2 amide bonds. The summed E-state index contributed by atoms with van der Waals surface area (Å²) in [6.45, 7) is 9.28. The Hall–Kier alpha value is -0.970. The van der Waals surface area contributed by atoms with E-state index in [-0.39, 0.29) is 11.4 Å². The van der Waals surface area contributed by atoms with Crippen LogP contribution in [0.3, 0.4) is 0 Å². The fraction of sp³-hybridized carbons (Fsp3) is 0.733. The minimum atomic E-state index is -1.93. The fourth-order valence-electron chi connectivity index (χ4n) is 2.68. The maximum absolute atomic E-state index is 12.4. The molecular weight excluding hydrogens is 272 g/mol. The first-order valence-corrected chi connectivity index (χ1v) is 9.31. The first-order chi connectivity index (χ1) is 9.19. The molecule has 5 heteroatoms. The van der Waals surface area contributed by atoms with E-state index in [1.54, 1.807) is 0 Å². The van der Waals surface area contributed by atoms with E-state index in [4.69, 9.17) is 0 Å². The van der Waals surface area contributed by atoms with Gasteiger partial charge in [0.1, 0.15) is 0 Å². The molecule has 0 saturated carbocycles. The topological polar surface area (TPSA) is 40.6 Å². The van der Waals surface area contributed by atoms with Crippen molar-refractivity contribution in [2.75, 3.05) is 37.7 Å². The van der Waals surface area contributed by atoms with Crippen LogP contribution >= 0.6 is 0 Å². The number of carbonyl (C=O) groups excluding carboxylic acids is 1. The summed E-state index contributed by atoms with van der Waals surface area (Å²) in [5.41, 5.74) is 1.63. The van der Waals surface area contributed by atoms with E-state index < -0.39 is 9.52 Å². The Morgan fingerprint density at radius 1 is 1.20 bits per heavy atom. The highest BCUT2D eigenvalue weighted by Crippen LogP contribution is 2.30. The van der Waals surface area contributed by atoms with E-state index in [2.05, 4.69) is 32.7 Å². The summed E-state index contributed by atoms with van der Waals surface area (Å²) in [7, 11) is -1.93. The average molecular weight is 298 g/mol. The Labute approximate surface area is 122 Å². The van der Waals surface area contributed by atoms with Gasteiger partial charge in [-0.15, -0.1) is 0 Å². The van der Waals surface area contributed by atoms with E-state index in [1.807, 2.05) is 9.80 Å². The minimum absolute atomic E-state index is 0.0871. The van der Waals surface area contributed by atoms with Gasteiger partial charge < -0.3 is 9.80 Å². The maximum Gasteiger partial charge on any atom is 0.320 e. The van der Waals surface area contributed by atoms with Crippen molar-refractivity contribution in [3.63, 3.8) is 0 Å². The number of hydrogen-bond donors (Lipinski definition) is 0. The monoisotopic (exact) mass is 298 g/mol. The third-order valence-electron chi connectivity index (χ3n) is 4.18. The van der Waals surface area contributed by atoms with E-state index in [1.165, 1.54) is 5.57 Å². The molecule has 0 unspecified atom stereocenters. The molecule has 4 nitrogen and oxygen atoms in total. The third-order valence-corrected chi connectivity index (χ3v) is 6.03. The number of hydrogen-bond acceptors (Lipinski definition) is 2. The van der Waals surface area contributed by atoms with Gasteiger partial charge in [0.2, 0.25) is 0 Å². The van der Waals surface area contributed by atoms with Crippen LogP contribution in [0.1, 0.15) is 27.2 Å². The number of nitrogens with zero attached hydrogens (tertiary/aromatic N) is 2. The summed E-state index contributed by atoms with van der Waals surface area (Å²) in [4.78, 5) is 16.1. The van der Waals surface area contributed by atoms with E-state index >= 15 is 0 Å². The highest BCUT2D eigenvalue weighted by atomic mass is 32.2. The Balaban J connectivity index is 1.94. The standard InChI is InChI=1S/C15H26N2O2S/c1-15(2,3)13-5-7-16(8-6-13)14(18)17-9-11-20(4,19)12-10-17/h5H,4,6-12H2,1-3H3. The zero-order valence-electron chi connectivity index (χ0n) is 12.9. The van der Waals surface area contributed by atoms with Crippen LogP contribution in [0.15, 0.2) is 11.6 Å². The SMILES string of the molecule is C=S1(=O)CCN(C(=O)N2CC=C(C(C)(C)C)CC2)CC1. The molecule has 0 radical (unpaired) electrons. The fourth-order valence-corrected chi connectivity index (χ4v) is 3.99. The number of carbonyl (C=O) groups is 1. The van der Waals surface area contributed by atoms with Crippen molar-refractivity contribution >= 4 is 21.4 Å². The Morgan fingerprint density at radius 2 is 1.80 bits per heavy atom. The van der Waals surface area contributed by atoms with Crippen LogP contribution in [0, 0.1) is 5.41 Å². The van der Waals surface area contributed by atoms with Gasteiger partial charge in [0.05, 0.1) is 0 Å². The van der Waals surface area contributed by atoms with Crippen molar-refractivity contribution in [2.45, 2.75) is 27.2 Å². The van der Waals surface area contributed by atoms with Crippen LogP contribution in [0.4, 0.5) is 4.79 Å². The highest BCUT2D eigenvalue weighted by Gasteiger charge is 2.28. The lowest BCUT2D eigenvalue weighted by Gasteiger charge is -2.37. The van der Waals surface area contributed by atoms with Gasteiger partial charge in [-0.3, -0.25) is 4.21 Å². The van der Waals surface area contributed by atoms with Crippen LogP contribution in [0.5, 0.6) is 0 Å². The summed E-state index contributed by atoms with van der Waals surface area (Å²) < 4.78 is 11.8. The van der Waals surface area contributed by atoms with Gasteiger partial charge in [0.25, 0.3) is 0 Å². The van der Waals surface area contributed by atoms with Crippen molar-refractivity contribution in [2.24, 2.45) is 5.41 Å². The molecule has 114 valence electrons. The van der Waals surface area contributed by atoms with Gasteiger partial charge in [0.15, 0.2) is 0 Å². The molecular formula is C15H26N2O2S. The van der Waals surface area contributed by atoms with Gasteiger partial charge in [-0.1, -0.05) is 32.4 Å². The summed E-state index contributed by atoms with van der Waals surface area (Å²) in [5.74, 6) is 4.81. The number of rotatable bonds is 0. The Morgan fingerprint density at radius 3 is 2.25 bits per heavy atom. The van der Waals surface area contributed by atoms with Crippen LogP contribution in [-0.4, -0.2) is 63.6 Å². The Bertz CT molecular complexity index is 500. The van der Waals surface area contributed by atoms with Crippen molar-refractivity contribution in [1.29, 1.82) is 0 Å². The molecule has 0 atom stereocenters. The van der Waals surface area contributed by atoms with Crippen LogP contribution in [-0.2, 0) is 9.52 Å². The maximum atomic E-state index is 12.4. The van der Waals surface area contributed by atoms with E-state index in [9.17, 15) is 9.00 Å². The van der Waals surface area contributed by atoms with Crippen molar-refractivity contribution in [3.8, 4) is 0 Å². The van der Waals surface area contributed by atoms with Gasteiger partial charge in [-0.2, -0.15) is 0 Å². The molecule has 0 bridgehead atoms. The summed E-state index contributed by atoms with van der Waals surface area (Å²) in [6, 6.07) is 0.0871. The van der Waals surface area contributed by atoms with Crippen molar-refractivity contribution in [3.05, 3.63) is 11.6 Å². The first kappa shape index (κ1) is 15.4. The highest BCUT2D eigenvalue weighted by molar-refractivity contribution is 8.00. The molecule has 0 aromatic heterocycles. The second-order valence-electron chi connectivity index (χ2n) is 6.82. The minimum Gasteiger partial charge on any atom is -0.323 e. The largest absolute Gasteiger partial charge is 0.323 e. The molecule has 2 aliphatic rings. The molecule has 0 spiro atoms. The predicted octanol–water partition coefficient (Wildman–Crippen LogP) is 1.82. The smallest absolute Gasteiger partial charge is 0.320 e. The van der Waals surface area contributed by atoms with Gasteiger partial charge in [0, 0.05) is 37.7 Å². The quantitative estimate of drug-likeness (QED) is 0.505. The zero-order valence-corrected chi connectivity index (χ0v) is 13.7. The zero-order chi connectivity index (χ0) is 15.0. The second-order valence-corrected chi connectivity index (χ2v) is 9.57. The molecule has 0 aliphatic carbocycles. The molecule has 0 aromatic carbocycles. The van der Waals surface area contributed by atoms with Crippen LogP contribution in [0.25, 0.3) is 0 Å². The molecule has 2 rings (SSSR count). The number of amides is 2. The molecule has 20 heavy (non-hydrogen) atoms. The first-order valence-electron chi connectivity index (χ1n) is 7.25. The second kappa shape index (κ2) is 5.43. The summed E-state index contributed by atoms with van der Waals surface area (Å²) in [5, 5.41) is 0. The molecule has 2 heterocycles. The molecule has 0 aromatic rings. The normalized spacial score (nSPS) is 23.4. The lowest BCUT2D eigenvalue weighted by Crippen LogP contribution is -2.50. The lowest BCUT2D eigenvalue weighted by atomic mass is 9.83. The predicted molar refractivity (Wildman–Crippen MR) is 85.7 cm³/mol. The summed E-state index contributed by atoms with van der Waals surface area (Å²) >= 11 is 0. The Kier molecular flexibility index (Phi) is 4.19. The van der Waals surface area contributed by atoms with Crippen molar-refractivity contribution < 1.29 is 9.00 Å². The molecule has 1 fully saturated rings. The van der Waals surface area contributed by atoms with Gasteiger partial charge >= 0.3 is 6.03 Å². The van der Waals surface area contributed by atoms with Crippen LogP contribution < -0.4 is 0 Å². The number of urea groups is 1. The van der Waals surface area contributed by atoms with Gasteiger partial charge in [-0.05, 0) is 27.2 Å². The molecule has 1 saturated heterocycles. The molecule has 0 N–H and O–H groups in total. The van der Waals surface area contributed by atoms with E-state index in [0.29, 0.717) is 31.1 Å². The van der Waals surface area contributed by atoms with Gasteiger partial charge in [-0.25, -0.2) is 4.79 Å². The molecule has 2 aliphatic heterocycles. The third kappa shape index (κ3) is 3.57. The average Bonchev–Trinajstić information content (AvgIpc) is 2.37.